The molecule has 1 heterocycles. The molecule has 74 valence electrons. The first-order valence-electron chi connectivity index (χ1n) is 4.59. The third-order valence-electron chi connectivity index (χ3n) is 2.09. The first-order chi connectivity index (χ1) is 7.29. The SMILES string of the molecule is Nc1cccnc1C(=O)c1ccccc1. The summed E-state index contributed by atoms with van der Waals surface area (Å²) in [6, 6.07) is 12.4. The van der Waals surface area contributed by atoms with E-state index in [0.29, 0.717) is 16.9 Å². The van der Waals surface area contributed by atoms with Gasteiger partial charge >= 0.3 is 0 Å². The highest BCUT2D eigenvalue weighted by molar-refractivity contribution is 6.10. The van der Waals surface area contributed by atoms with Crippen LogP contribution in [0.4, 0.5) is 5.69 Å². The predicted octanol–water partition coefficient (Wildman–Crippen LogP) is 1.89. The Morgan fingerprint density at radius 1 is 1.07 bits per heavy atom. The van der Waals surface area contributed by atoms with Crippen LogP contribution in [0.3, 0.4) is 0 Å². The molecule has 2 rings (SSSR count). The molecule has 3 nitrogen and oxygen atoms in total. The molecular weight excluding hydrogens is 188 g/mol. The van der Waals surface area contributed by atoms with Crippen LogP contribution in [0.2, 0.25) is 0 Å². The average molecular weight is 198 g/mol. The fraction of sp³-hybridized carbons (Fsp3) is 0. The van der Waals surface area contributed by atoms with Gasteiger partial charge < -0.3 is 5.73 Å². The summed E-state index contributed by atoms with van der Waals surface area (Å²) in [6.07, 6.45) is 1.56. The molecule has 0 spiro atoms. The Labute approximate surface area is 87.6 Å². The highest BCUT2D eigenvalue weighted by Crippen LogP contribution is 2.12. The van der Waals surface area contributed by atoms with E-state index >= 15 is 0 Å². The third-order valence-corrected chi connectivity index (χ3v) is 2.09. The Bertz CT molecular complexity index is 480. The summed E-state index contributed by atoms with van der Waals surface area (Å²) in [5, 5.41) is 0. The molecule has 0 fully saturated rings. The van der Waals surface area contributed by atoms with Crippen molar-refractivity contribution >= 4 is 11.5 Å². The van der Waals surface area contributed by atoms with Gasteiger partial charge in [-0.05, 0) is 12.1 Å². The highest BCUT2D eigenvalue weighted by Gasteiger charge is 2.12. The Balaban J connectivity index is 2.42. The molecule has 3 heteroatoms. The summed E-state index contributed by atoms with van der Waals surface area (Å²) in [6.45, 7) is 0. The molecule has 0 aliphatic heterocycles. The van der Waals surface area contributed by atoms with Crippen LogP contribution in [0.5, 0.6) is 0 Å². The first kappa shape index (κ1) is 9.40. The molecule has 1 aromatic heterocycles. The Morgan fingerprint density at radius 3 is 2.47 bits per heavy atom. The van der Waals surface area contributed by atoms with Crippen LogP contribution < -0.4 is 5.73 Å². The van der Waals surface area contributed by atoms with E-state index in [2.05, 4.69) is 4.98 Å². The van der Waals surface area contributed by atoms with Crippen molar-refractivity contribution in [3.8, 4) is 0 Å². The average Bonchev–Trinajstić information content (AvgIpc) is 2.30. The Morgan fingerprint density at radius 2 is 1.80 bits per heavy atom. The van der Waals surface area contributed by atoms with E-state index in [-0.39, 0.29) is 5.78 Å². The van der Waals surface area contributed by atoms with Crippen molar-refractivity contribution in [1.29, 1.82) is 0 Å². The van der Waals surface area contributed by atoms with Crippen molar-refractivity contribution in [3.05, 3.63) is 59.9 Å². The maximum atomic E-state index is 11.9. The number of pyridine rings is 1. The molecule has 0 radical (unpaired) electrons. The van der Waals surface area contributed by atoms with E-state index in [1.807, 2.05) is 18.2 Å². The number of nitrogens with two attached hydrogens (primary N) is 1. The smallest absolute Gasteiger partial charge is 0.213 e. The molecule has 1 aromatic carbocycles. The normalized spacial score (nSPS) is 9.87. The van der Waals surface area contributed by atoms with Gasteiger partial charge in [-0.25, -0.2) is 0 Å². The predicted molar refractivity (Wildman–Crippen MR) is 58.5 cm³/mol. The lowest BCUT2D eigenvalue weighted by Crippen LogP contribution is -2.07. The minimum Gasteiger partial charge on any atom is -0.397 e. The van der Waals surface area contributed by atoms with Gasteiger partial charge in [-0.1, -0.05) is 30.3 Å². The van der Waals surface area contributed by atoms with Gasteiger partial charge in [0.05, 0.1) is 5.69 Å². The number of benzene rings is 1. The molecule has 0 unspecified atom stereocenters. The molecule has 0 bridgehead atoms. The van der Waals surface area contributed by atoms with E-state index in [9.17, 15) is 4.79 Å². The van der Waals surface area contributed by atoms with Gasteiger partial charge in [-0.2, -0.15) is 0 Å². The second-order valence-corrected chi connectivity index (χ2v) is 3.14. The van der Waals surface area contributed by atoms with E-state index in [0.717, 1.165) is 0 Å². The Hall–Kier alpha value is -2.16. The fourth-order valence-electron chi connectivity index (χ4n) is 1.33. The number of carbonyl (C=O) groups excluding carboxylic acids is 1. The fourth-order valence-corrected chi connectivity index (χ4v) is 1.33. The molecule has 0 aliphatic rings. The highest BCUT2D eigenvalue weighted by atomic mass is 16.1. The van der Waals surface area contributed by atoms with Gasteiger partial charge in [-0.15, -0.1) is 0 Å². The summed E-state index contributed by atoms with van der Waals surface area (Å²) in [5.41, 5.74) is 6.99. The second-order valence-electron chi connectivity index (χ2n) is 3.14. The van der Waals surface area contributed by atoms with Gasteiger partial charge in [0.2, 0.25) is 5.78 Å². The van der Waals surface area contributed by atoms with Crippen molar-refractivity contribution < 1.29 is 4.79 Å². The summed E-state index contributed by atoms with van der Waals surface area (Å²) in [7, 11) is 0. The molecule has 0 saturated carbocycles. The van der Waals surface area contributed by atoms with Crippen LogP contribution in [0.25, 0.3) is 0 Å². The molecule has 0 amide bonds. The van der Waals surface area contributed by atoms with Gasteiger partial charge in [0, 0.05) is 11.8 Å². The van der Waals surface area contributed by atoms with Crippen molar-refractivity contribution in [2.75, 3.05) is 5.73 Å². The van der Waals surface area contributed by atoms with Gasteiger partial charge in [0.15, 0.2) is 0 Å². The molecule has 15 heavy (non-hydrogen) atoms. The monoisotopic (exact) mass is 198 g/mol. The number of hydrogen-bond acceptors (Lipinski definition) is 3. The lowest BCUT2D eigenvalue weighted by Gasteiger charge is -2.02. The lowest BCUT2D eigenvalue weighted by molar-refractivity contribution is 0.103. The van der Waals surface area contributed by atoms with E-state index in [1.165, 1.54) is 0 Å². The quantitative estimate of drug-likeness (QED) is 0.750. The van der Waals surface area contributed by atoms with Gasteiger partial charge in [-0.3, -0.25) is 9.78 Å². The summed E-state index contributed by atoms with van der Waals surface area (Å²) in [4.78, 5) is 15.9. The van der Waals surface area contributed by atoms with Crippen molar-refractivity contribution in [2.24, 2.45) is 0 Å². The number of nitrogen functional groups attached to an aromatic ring is 1. The van der Waals surface area contributed by atoms with Crippen LogP contribution in [-0.2, 0) is 0 Å². The van der Waals surface area contributed by atoms with E-state index in [4.69, 9.17) is 5.73 Å². The number of nitrogens with zero attached hydrogens (tertiary/aromatic N) is 1. The molecule has 0 aliphatic carbocycles. The first-order valence-corrected chi connectivity index (χ1v) is 4.59. The lowest BCUT2D eigenvalue weighted by atomic mass is 10.1. The van der Waals surface area contributed by atoms with Crippen molar-refractivity contribution in [2.45, 2.75) is 0 Å². The zero-order valence-electron chi connectivity index (χ0n) is 8.05. The maximum absolute atomic E-state index is 11.9. The van der Waals surface area contributed by atoms with Gasteiger partial charge in [0.25, 0.3) is 0 Å². The number of rotatable bonds is 2. The third kappa shape index (κ3) is 1.86. The molecule has 2 N–H and O–H groups in total. The van der Waals surface area contributed by atoms with Crippen LogP contribution in [-0.4, -0.2) is 10.8 Å². The summed E-state index contributed by atoms with van der Waals surface area (Å²) in [5.74, 6) is -0.145. The van der Waals surface area contributed by atoms with Crippen molar-refractivity contribution in [3.63, 3.8) is 0 Å². The minimum absolute atomic E-state index is 0.145. The zero-order chi connectivity index (χ0) is 10.7. The standard InChI is InChI=1S/C12H10N2O/c13-10-7-4-8-14-11(10)12(15)9-5-2-1-3-6-9/h1-8H,13H2. The van der Waals surface area contributed by atoms with Crippen LogP contribution in [0, 0.1) is 0 Å². The second kappa shape index (κ2) is 3.92. The van der Waals surface area contributed by atoms with Crippen molar-refractivity contribution in [1.82, 2.24) is 4.98 Å². The number of aromatic nitrogens is 1. The molecule has 0 atom stereocenters. The number of anilines is 1. The van der Waals surface area contributed by atoms with Crippen LogP contribution in [0.15, 0.2) is 48.7 Å². The van der Waals surface area contributed by atoms with Crippen LogP contribution >= 0.6 is 0 Å². The topological polar surface area (TPSA) is 56.0 Å². The number of hydrogen-bond donors (Lipinski definition) is 1. The summed E-state index contributed by atoms with van der Waals surface area (Å²) >= 11 is 0. The largest absolute Gasteiger partial charge is 0.397 e. The number of ketones is 1. The maximum Gasteiger partial charge on any atom is 0.213 e. The zero-order valence-corrected chi connectivity index (χ0v) is 8.05. The van der Waals surface area contributed by atoms with Crippen LogP contribution in [0.1, 0.15) is 16.1 Å². The Kier molecular flexibility index (Phi) is 2.46. The summed E-state index contributed by atoms with van der Waals surface area (Å²) < 4.78 is 0. The molecule has 2 aromatic rings. The van der Waals surface area contributed by atoms with E-state index < -0.39 is 0 Å². The molecular formula is C12H10N2O. The van der Waals surface area contributed by atoms with E-state index in [1.54, 1.807) is 30.5 Å². The van der Waals surface area contributed by atoms with Gasteiger partial charge in [0.1, 0.15) is 5.69 Å². The molecule has 0 saturated heterocycles. The number of carbonyl (C=O) groups is 1. The minimum atomic E-state index is -0.145.